The number of hydrogen-bond donors (Lipinski definition) is 6. The number of ketones is 2. The lowest BCUT2D eigenvalue weighted by Gasteiger charge is -2.54. The molecule has 6 atom stereocenters. The van der Waals surface area contributed by atoms with Crippen molar-refractivity contribution in [2.24, 2.45) is 17.6 Å². The highest BCUT2D eigenvalue weighted by atomic mass is 16.6. The molecule has 0 unspecified atom stereocenters. The first-order valence-corrected chi connectivity index (χ1v) is 13.5. The summed E-state index contributed by atoms with van der Waals surface area (Å²) < 4.78 is 10.9. The summed E-state index contributed by atoms with van der Waals surface area (Å²) in [7, 11) is 2.88. The number of esters is 1. The molecule has 232 valence electrons. The number of rotatable bonds is 5. The molecule has 14 heteroatoms. The minimum absolute atomic E-state index is 0.188. The molecule has 0 aliphatic heterocycles. The Kier molecular flexibility index (Phi) is 7.83. The molecular weight excluding hydrogens is 566 g/mol. The molecule has 0 spiro atoms. The highest BCUT2D eigenvalue weighted by Gasteiger charge is 2.68. The smallest absolute Gasteiger partial charge is 0.408 e. The average molecular weight is 602 g/mol. The van der Waals surface area contributed by atoms with E-state index in [2.05, 4.69) is 5.32 Å². The predicted octanol–water partition coefficient (Wildman–Crippen LogP) is 0.728. The van der Waals surface area contributed by atoms with Crippen LogP contribution in [0.25, 0.3) is 0 Å². The fraction of sp³-hybridized carbons (Fsp3) is 0.483. The lowest BCUT2D eigenvalue weighted by atomic mass is 9.55. The van der Waals surface area contributed by atoms with Crippen molar-refractivity contribution in [3.05, 3.63) is 52.0 Å². The zero-order valence-electron chi connectivity index (χ0n) is 24.5. The summed E-state index contributed by atoms with van der Waals surface area (Å²) in [6.07, 6.45) is -2.54. The van der Waals surface area contributed by atoms with Gasteiger partial charge in [0.1, 0.15) is 41.1 Å². The van der Waals surface area contributed by atoms with E-state index in [9.17, 15) is 44.4 Å². The van der Waals surface area contributed by atoms with Gasteiger partial charge in [0.25, 0.3) is 5.91 Å². The molecule has 0 fully saturated rings. The number of phenolic OH excluding ortho intramolecular Hbond substituents is 1. The van der Waals surface area contributed by atoms with Gasteiger partial charge in [-0.15, -0.1) is 0 Å². The maximum atomic E-state index is 13.8. The Morgan fingerprint density at radius 3 is 2.30 bits per heavy atom. The number of aliphatic hydroxyl groups is 3. The number of phenols is 1. The van der Waals surface area contributed by atoms with Crippen LogP contribution in [0.15, 0.2) is 40.9 Å². The molecular formula is C29H35N3O11. The second kappa shape index (κ2) is 10.7. The molecule has 3 aliphatic carbocycles. The fourth-order valence-corrected chi connectivity index (χ4v) is 6.35. The molecule has 3 aliphatic rings. The Morgan fingerprint density at radius 2 is 1.74 bits per heavy atom. The topological polar surface area (TPSA) is 226 Å². The zero-order valence-corrected chi connectivity index (χ0v) is 24.5. The number of aromatic hydroxyl groups is 1. The number of alkyl carbamates (subject to hydrolysis) is 1. The quantitative estimate of drug-likeness (QED) is 0.203. The SMILES string of the molecule is C[C@@H]1c2cccc(O)c2C(=O)C2=C(O)[C@@]3(O)C(=O)C(C(N)=O)=C(O)[C@H](N(C)C)[C@H]3[C@H](OC(=O)CNC(=O)OC(C)(C)C)[C@H]21. The summed E-state index contributed by atoms with van der Waals surface area (Å²) >= 11 is 0. The summed E-state index contributed by atoms with van der Waals surface area (Å²) in [5.74, 6) is -10.9. The number of Topliss-reactive ketones (excluding diaryl/α,β-unsaturated/α-hetero) is 2. The number of ether oxygens (including phenoxy) is 2. The van der Waals surface area contributed by atoms with E-state index in [1.165, 1.54) is 31.1 Å². The molecule has 2 amide bonds. The molecule has 7 N–H and O–H groups in total. The number of nitrogens with one attached hydrogen (secondary N) is 1. The number of carbonyl (C=O) groups is 5. The van der Waals surface area contributed by atoms with Gasteiger partial charge < -0.3 is 41.0 Å². The van der Waals surface area contributed by atoms with E-state index in [4.69, 9.17) is 15.2 Å². The van der Waals surface area contributed by atoms with Crippen molar-refractivity contribution in [2.75, 3.05) is 20.6 Å². The minimum Gasteiger partial charge on any atom is -0.510 e. The third kappa shape index (κ3) is 4.99. The van der Waals surface area contributed by atoms with Gasteiger partial charge in [-0.05, 0) is 52.4 Å². The molecule has 0 saturated heterocycles. The number of primary amides is 1. The van der Waals surface area contributed by atoms with Crippen LogP contribution < -0.4 is 11.1 Å². The Balaban J connectivity index is 1.92. The second-order valence-corrected chi connectivity index (χ2v) is 12.1. The van der Waals surface area contributed by atoms with Crippen LogP contribution >= 0.6 is 0 Å². The highest BCUT2D eigenvalue weighted by molar-refractivity contribution is 6.25. The van der Waals surface area contributed by atoms with Crippen LogP contribution in [-0.2, 0) is 23.9 Å². The van der Waals surface area contributed by atoms with E-state index >= 15 is 0 Å². The standard InChI is InChI=1S/C29H35N3O11/c1-11-12-8-7-9-13(33)16(12)21(35)17-15(11)23(42-14(34)10-31-27(40)43-28(2,3)4)19-20(32(5)6)22(36)18(26(30)39)25(38)29(19,41)24(17)37/h7-9,11,15,19-20,23,33,36-37,41H,10H2,1-6H3,(H2,30,39)(H,31,40)/t11-,15+,19+,20-,23-,29-/m1/s1. The monoisotopic (exact) mass is 601 g/mol. The van der Waals surface area contributed by atoms with Gasteiger partial charge in [0.05, 0.1) is 17.5 Å². The number of nitrogens with zero attached hydrogens (tertiary/aromatic N) is 1. The first kappa shape index (κ1) is 31.5. The molecule has 14 nitrogen and oxygen atoms in total. The van der Waals surface area contributed by atoms with Crippen LogP contribution in [-0.4, -0.2) is 98.9 Å². The number of carbonyl (C=O) groups excluding carboxylic acids is 5. The summed E-state index contributed by atoms with van der Waals surface area (Å²) in [6, 6.07) is 2.88. The molecule has 0 radical (unpaired) electrons. The van der Waals surface area contributed by atoms with Crippen molar-refractivity contribution in [3.63, 3.8) is 0 Å². The summed E-state index contributed by atoms with van der Waals surface area (Å²) in [6.45, 7) is 5.77. The third-order valence-electron chi connectivity index (χ3n) is 8.01. The van der Waals surface area contributed by atoms with Crippen molar-refractivity contribution in [1.29, 1.82) is 0 Å². The number of benzene rings is 1. The van der Waals surface area contributed by atoms with E-state index in [1.54, 1.807) is 33.8 Å². The molecule has 1 aromatic rings. The fourth-order valence-electron chi connectivity index (χ4n) is 6.35. The Labute approximate surface area is 246 Å². The van der Waals surface area contributed by atoms with Crippen molar-refractivity contribution < 1.29 is 53.9 Å². The molecule has 43 heavy (non-hydrogen) atoms. The maximum Gasteiger partial charge on any atom is 0.408 e. The van der Waals surface area contributed by atoms with E-state index in [-0.39, 0.29) is 5.56 Å². The van der Waals surface area contributed by atoms with Crippen molar-refractivity contribution in [3.8, 4) is 5.75 Å². The summed E-state index contributed by atoms with van der Waals surface area (Å²) in [5, 5.41) is 47.5. The number of likely N-dealkylation sites (N-methyl/N-ethyl adjacent to an activating group) is 1. The first-order chi connectivity index (χ1) is 19.8. The van der Waals surface area contributed by atoms with E-state index < -0.39 is 106 Å². The molecule has 1 aromatic carbocycles. The number of nitrogens with two attached hydrogens (primary N) is 1. The van der Waals surface area contributed by atoms with E-state index in [0.29, 0.717) is 5.56 Å². The number of aliphatic hydroxyl groups excluding tert-OH is 2. The summed E-state index contributed by atoms with van der Waals surface area (Å²) in [4.78, 5) is 66.5. The van der Waals surface area contributed by atoms with Crippen molar-refractivity contribution in [1.82, 2.24) is 10.2 Å². The van der Waals surface area contributed by atoms with Gasteiger partial charge in [0.15, 0.2) is 11.4 Å². The number of fused-ring (bicyclic) bond motifs is 3. The Morgan fingerprint density at radius 1 is 1.12 bits per heavy atom. The second-order valence-electron chi connectivity index (χ2n) is 12.1. The Bertz CT molecular complexity index is 1490. The lowest BCUT2D eigenvalue weighted by Crippen LogP contribution is -2.69. The first-order valence-electron chi connectivity index (χ1n) is 13.5. The van der Waals surface area contributed by atoms with Gasteiger partial charge in [-0.2, -0.15) is 0 Å². The van der Waals surface area contributed by atoms with E-state index in [0.717, 1.165) is 0 Å². The molecule has 0 aromatic heterocycles. The van der Waals surface area contributed by atoms with Crippen LogP contribution in [0.4, 0.5) is 4.79 Å². The average Bonchev–Trinajstić information content (AvgIpc) is 2.87. The Hall–Kier alpha value is -4.43. The number of amides is 2. The molecule has 0 bridgehead atoms. The highest BCUT2D eigenvalue weighted by Crippen LogP contribution is 2.56. The predicted molar refractivity (Wildman–Crippen MR) is 148 cm³/mol. The lowest BCUT2D eigenvalue weighted by molar-refractivity contribution is -0.180. The van der Waals surface area contributed by atoms with Crippen LogP contribution in [0, 0.1) is 11.8 Å². The van der Waals surface area contributed by atoms with Gasteiger partial charge >= 0.3 is 12.1 Å². The van der Waals surface area contributed by atoms with Crippen LogP contribution in [0.3, 0.4) is 0 Å². The van der Waals surface area contributed by atoms with Crippen LogP contribution in [0.1, 0.15) is 49.5 Å². The zero-order chi connectivity index (χ0) is 32.3. The van der Waals surface area contributed by atoms with Gasteiger partial charge in [-0.3, -0.25) is 24.1 Å². The molecule has 0 heterocycles. The van der Waals surface area contributed by atoms with Gasteiger partial charge in [-0.25, -0.2) is 4.79 Å². The maximum absolute atomic E-state index is 13.8. The van der Waals surface area contributed by atoms with Gasteiger partial charge in [-0.1, -0.05) is 19.1 Å². The minimum atomic E-state index is -3.07. The van der Waals surface area contributed by atoms with Crippen LogP contribution in [0.2, 0.25) is 0 Å². The molecule has 4 rings (SSSR count). The van der Waals surface area contributed by atoms with E-state index in [1.807, 2.05) is 0 Å². The third-order valence-corrected chi connectivity index (χ3v) is 8.01. The normalized spacial score (nSPS) is 28.6. The van der Waals surface area contributed by atoms with Gasteiger partial charge in [0.2, 0.25) is 5.78 Å². The van der Waals surface area contributed by atoms with Gasteiger partial charge in [0, 0.05) is 11.5 Å². The van der Waals surface area contributed by atoms with Crippen LogP contribution in [0.5, 0.6) is 5.75 Å². The summed E-state index contributed by atoms with van der Waals surface area (Å²) in [5.41, 5.74) is 0.0758. The van der Waals surface area contributed by atoms with Crippen molar-refractivity contribution >= 4 is 29.5 Å². The largest absolute Gasteiger partial charge is 0.510 e. The number of hydrogen-bond acceptors (Lipinski definition) is 12. The van der Waals surface area contributed by atoms with Crippen molar-refractivity contribution in [2.45, 2.75) is 57.0 Å². The molecule has 0 saturated carbocycles.